The number of cyclic esters (lactones) is 1. The fourth-order valence-electron chi connectivity index (χ4n) is 11.6. The lowest BCUT2D eigenvalue weighted by atomic mass is 9.77. The number of benzene rings is 1. The standard InChI is InChI=1S/C53H91FN6O15S/c1-16-41-53(10,66)46(62)34(6)59(12)28-30(2)24-51(8,65)48(32(4)44(33(5)49(64)73-41)74-42-25-52(9,70-14)47(63)35(7)72-42)75-50-43(61)39(23-31(3)71-50)58(11)22-21-38-29-60(57-56-38)40(26-54)45(69-13)37-19-17-36(18-20-37)27-55-76(15,67)68/h17-20,29-35,39-48,50,55,61-63,65-66H,16,21-28H2,1-15H3/t30-,31-,32+,33-,34-,35+,39+,40-,41-,42+,43-,44+,45-,46-,47+,48-,50+,51-,52-,53-/m1/s1. The number of aliphatic hydroxyl groups excluding tert-OH is 3. The number of aromatic nitrogens is 3. The number of carbonyl (C=O) groups is 1. The lowest BCUT2D eigenvalue weighted by Crippen LogP contribution is -2.61. The van der Waals surface area contributed by atoms with Gasteiger partial charge in [0.15, 0.2) is 12.6 Å². The van der Waals surface area contributed by atoms with E-state index in [0.29, 0.717) is 37.2 Å². The summed E-state index contributed by atoms with van der Waals surface area (Å²) in [6, 6.07) is 5.02. The zero-order valence-corrected chi connectivity index (χ0v) is 48.2. The molecule has 0 saturated carbocycles. The summed E-state index contributed by atoms with van der Waals surface area (Å²) in [7, 11) is 3.25. The fraction of sp³-hybridized carbons (Fsp3) is 0.830. The van der Waals surface area contributed by atoms with Crippen LogP contribution in [0, 0.1) is 17.8 Å². The van der Waals surface area contributed by atoms with Crippen LogP contribution in [-0.4, -0.2) is 209 Å². The van der Waals surface area contributed by atoms with Crippen LogP contribution in [0.4, 0.5) is 4.39 Å². The maximum Gasteiger partial charge on any atom is 0.311 e. The maximum absolute atomic E-state index is 14.8. The van der Waals surface area contributed by atoms with Crippen LogP contribution in [0.1, 0.15) is 124 Å². The zero-order chi connectivity index (χ0) is 56.8. The molecule has 0 amide bonds. The van der Waals surface area contributed by atoms with E-state index in [9.17, 15) is 43.1 Å². The molecule has 20 atom stereocenters. The Balaban J connectivity index is 1.42. The number of ether oxygens (including phenoxy) is 7. The summed E-state index contributed by atoms with van der Waals surface area (Å²) in [6.07, 6.45) is -7.31. The number of nitrogens with one attached hydrogen (secondary N) is 1. The molecule has 3 saturated heterocycles. The molecule has 3 aliphatic rings. The number of methoxy groups -OCH3 is 2. The lowest BCUT2D eigenvalue weighted by Gasteiger charge is -2.49. The van der Waals surface area contributed by atoms with Crippen molar-refractivity contribution in [2.45, 2.75) is 210 Å². The molecule has 1 aromatic carbocycles. The van der Waals surface area contributed by atoms with Gasteiger partial charge in [0, 0.05) is 70.9 Å². The molecule has 21 nitrogen and oxygen atoms in total. The number of nitrogens with zero attached hydrogens (tertiary/aromatic N) is 5. The molecule has 3 aliphatic heterocycles. The van der Waals surface area contributed by atoms with Crippen molar-refractivity contribution in [2.75, 3.05) is 54.3 Å². The van der Waals surface area contributed by atoms with Crippen molar-refractivity contribution in [1.82, 2.24) is 29.5 Å². The SMILES string of the molecule is CC[C@H]1OC(=O)[C@H](C)[C@@H](O[C@H]2C[C@@](C)(OC)[C@@H](O)[C@H](C)O2)[C@H](C)[C@@H](O[C@@H]2O[C@H](C)C[C@H](N(C)CCc3cn([C@H](CF)[C@H](OC)c4ccc(CNS(C)(=O)=O)cc4)nn3)[C@H]2O)[C@](C)(O)C[C@@H](C)CN(C)[C@H](C)[C@@H](O)[C@]1(C)O. The Morgan fingerprint density at radius 2 is 1.64 bits per heavy atom. The number of carbonyl (C=O) groups excluding carboxylic acids is 1. The molecule has 23 heteroatoms. The van der Waals surface area contributed by atoms with Gasteiger partial charge in [-0.25, -0.2) is 22.2 Å². The molecule has 0 bridgehead atoms. The third-order valence-corrected chi connectivity index (χ3v) is 17.0. The minimum absolute atomic E-state index is 0.0719. The molecule has 3 fully saturated rings. The summed E-state index contributed by atoms with van der Waals surface area (Å²) in [6.45, 7) is 17.4. The van der Waals surface area contributed by atoms with E-state index in [1.54, 1.807) is 78.9 Å². The third-order valence-electron chi connectivity index (χ3n) is 16.3. The van der Waals surface area contributed by atoms with Crippen molar-refractivity contribution in [3.8, 4) is 0 Å². The highest BCUT2D eigenvalue weighted by Gasteiger charge is 2.53. The lowest BCUT2D eigenvalue weighted by molar-refractivity contribution is -0.318. The first-order valence-corrected chi connectivity index (χ1v) is 28.6. The van der Waals surface area contributed by atoms with Crippen molar-refractivity contribution >= 4 is 16.0 Å². The highest BCUT2D eigenvalue weighted by molar-refractivity contribution is 7.88. The van der Waals surface area contributed by atoms with Gasteiger partial charge in [0.25, 0.3) is 0 Å². The number of aliphatic hydroxyl groups is 5. The van der Waals surface area contributed by atoms with Crippen molar-refractivity contribution < 1.29 is 76.3 Å². The fourth-order valence-corrected chi connectivity index (χ4v) is 12.0. The van der Waals surface area contributed by atoms with Gasteiger partial charge in [0.05, 0.1) is 53.5 Å². The average Bonchev–Trinajstić information content (AvgIpc) is 3.83. The van der Waals surface area contributed by atoms with Gasteiger partial charge in [-0.1, -0.05) is 50.3 Å². The number of halogens is 1. The van der Waals surface area contributed by atoms with Crippen LogP contribution in [-0.2, 0) is 60.9 Å². The summed E-state index contributed by atoms with van der Waals surface area (Å²) in [5, 5.41) is 68.5. The molecule has 0 radical (unpaired) electrons. The molecule has 5 rings (SSSR count). The van der Waals surface area contributed by atoms with Crippen LogP contribution in [0.5, 0.6) is 0 Å². The molecule has 0 unspecified atom stereocenters. The van der Waals surface area contributed by atoms with Gasteiger partial charge in [-0.15, -0.1) is 5.10 Å². The first kappa shape index (κ1) is 64.0. The van der Waals surface area contributed by atoms with Crippen molar-refractivity contribution in [2.24, 2.45) is 17.8 Å². The van der Waals surface area contributed by atoms with Gasteiger partial charge in [0.1, 0.15) is 48.8 Å². The Bertz CT molecular complexity index is 2250. The minimum Gasteiger partial charge on any atom is -0.459 e. The van der Waals surface area contributed by atoms with Gasteiger partial charge in [0.2, 0.25) is 10.0 Å². The summed E-state index contributed by atoms with van der Waals surface area (Å²) >= 11 is 0. The van der Waals surface area contributed by atoms with Crippen molar-refractivity contribution in [3.63, 3.8) is 0 Å². The monoisotopic (exact) mass is 1100 g/mol. The number of hydrogen-bond donors (Lipinski definition) is 6. The molecule has 2 aromatic rings. The zero-order valence-electron chi connectivity index (χ0n) is 47.4. The van der Waals surface area contributed by atoms with E-state index in [1.807, 2.05) is 37.7 Å². The van der Waals surface area contributed by atoms with Crippen LogP contribution < -0.4 is 4.72 Å². The van der Waals surface area contributed by atoms with Crippen LogP contribution in [0.25, 0.3) is 0 Å². The second kappa shape index (κ2) is 26.6. The Morgan fingerprint density at radius 1 is 0.987 bits per heavy atom. The van der Waals surface area contributed by atoms with E-state index in [4.69, 9.17) is 33.2 Å². The van der Waals surface area contributed by atoms with Gasteiger partial charge >= 0.3 is 5.97 Å². The van der Waals surface area contributed by atoms with Gasteiger partial charge < -0.3 is 68.5 Å². The Kier molecular flexibility index (Phi) is 22.4. The van der Waals surface area contributed by atoms with E-state index in [1.165, 1.54) is 25.8 Å². The maximum atomic E-state index is 14.8. The molecular formula is C53H91FN6O15S. The van der Waals surface area contributed by atoms with Crippen LogP contribution in [0.2, 0.25) is 0 Å². The number of rotatable bonds is 18. The number of alkyl halides is 1. The third kappa shape index (κ3) is 15.5. The summed E-state index contributed by atoms with van der Waals surface area (Å²) in [5.41, 5.74) is -2.68. The molecule has 1 aromatic heterocycles. The summed E-state index contributed by atoms with van der Waals surface area (Å²) in [5.74, 6) is -2.93. The van der Waals surface area contributed by atoms with Gasteiger partial charge in [-0.05, 0) is 98.9 Å². The van der Waals surface area contributed by atoms with E-state index >= 15 is 0 Å². The molecular weight excluding hydrogens is 1010 g/mol. The molecule has 6 N–H and O–H groups in total. The van der Waals surface area contributed by atoms with Gasteiger partial charge in [-0.2, -0.15) is 0 Å². The Morgan fingerprint density at radius 3 is 2.24 bits per heavy atom. The molecule has 0 spiro atoms. The van der Waals surface area contributed by atoms with Crippen LogP contribution in [0.15, 0.2) is 30.5 Å². The van der Waals surface area contributed by atoms with Crippen molar-refractivity contribution in [3.05, 3.63) is 47.3 Å². The smallest absolute Gasteiger partial charge is 0.311 e. The highest BCUT2D eigenvalue weighted by atomic mass is 32.2. The Hall–Kier alpha value is -2.85. The van der Waals surface area contributed by atoms with Gasteiger partial charge in [-0.3, -0.25) is 4.79 Å². The summed E-state index contributed by atoms with van der Waals surface area (Å²) in [4.78, 5) is 18.4. The number of sulfonamides is 1. The summed E-state index contributed by atoms with van der Waals surface area (Å²) < 4.78 is 85.9. The number of likely N-dealkylation sites (N-methyl/N-ethyl adjacent to an activating group) is 2. The quantitative estimate of drug-likeness (QED) is 0.117. The topological polar surface area (TPSA) is 266 Å². The van der Waals surface area contributed by atoms with E-state index in [-0.39, 0.29) is 31.7 Å². The van der Waals surface area contributed by atoms with Crippen LogP contribution >= 0.6 is 0 Å². The number of hydrogen-bond acceptors (Lipinski definition) is 19. The highest BCUT2D eigenvalue weighted by Crippen LogP contribution is 2.41. The first-order valence-electron chi connectivity index (χ1n) is 26.7. The van der Waals surface area contributed by atoms with Crippen molar-refractivity contribution in [1.29, 1.82) is 0 Å². The average molecular weight is 1100 g/mol. The molecule has 76 heavy (non-hydrogen) atoms. The first-order chi connectivity index (χ1) is 35.4. The predicted octanol–water partition coefficient (Wildman–Crippen LogP) is 3.05. The van der Waals surface area contributed by atoms with Crippen LogP contribution in [0.3, 0.4) is 0 Å². The molecule has 4 heterocycles. The second-order valence-corrected chi connectivity index (χ2v) is 24.7. The number of esters is 1. The molecule has 0 aliphatic carbocycles. The normalized spacial score (nSPS) is 38.8. The van der Waals surface area contributed by atoms with E-state index in [0.717, 1.165) is 11.8 Å². The Labute approximate surface area is 450 Å². The van der Waals surface area contributed by atoms with E-state index < -0.39 is 137 Å². The second-order valence-electron chi connectivity index (χ2n) is 22.8. The van der Waals surface area contributed by atoms with E-state index in [2.05, 4.69) is 15.0 Å². The largest absolute Gasteiger partial charge is 0.459 e. The minimum atomic E-state index is -3.39. The predicted molar refractivity (Wildman–Crippen MR) is 280 cm³/mol. The molecule has 436 valence electrons.